The Morgan fingerprint density at radius 3 is 2.80 bits per heavy atom. The molecular weight excluding hydrogens is 319 g/mol. The molecule has 4 rings (SSSR count). The Labute approximate surface area is 146 Å². The summed E-state index contributed by atoms with van der Waals surface area (Å²) in [6, 6.07) is 12.0. The molecule has 5 heteroatoms. The molecule has 1 amide bonds. The summed E-state index contributed by atoms with van der Waals surface area (Å²) in [5.74, 6) is 0.626. The molecule has 1 aromatic heterocycles. The fraction of sp³-hybridized carbons (Fsp3) is 0.400. The average Bonchev–Trinajstić information content (AvgIpc) is 3.18. The first-order valence-electron chi connectivity index (χ1n) is 8.76. The lowest BCUT2D eigenvalue weighted by Gasteiger charge is -2.22. The third-order valence-corrected chi connectivity index (χ3v) is 5.30. The number of benzene rings is 1. The Balaban J connectivity index is 1.46. The van der Waals surface area contributed by atoms with E-state index in [0.717, 1.165) is 25.1 Å². The predicted molar refractivity (Wildman–Crippen MR) is 91.9 cm³/mol. The van der Waals surface area contributed by atoms with Crippen molar-refractivity contribution in [3.63, 3.8) is 0 Å². The minimum Gasteiger partial charge on any atom is -0.487 e. The van der Waals surface area contributed by atoms with Crippen LogP contribution in [0.2, 0.25) is 0 Å². The molecule has 3 atom stereocenters. The monoisotopic (exact) mass is 340 g/mol. The Kier molecular flexibility index (Phi) is 4.15. The fourth-order valence-electron chi connectivity index (χ4n) is 4.06. The molecule has 1 saturated heterocycles. The van der Waals surface area contributed by atoms with E-state index in [-0.39, 0.29) is 23.7 Å². The number of halogens is 1. The van der Waals surface area contributed by atoms with Crippen molar-refractivity contribution in [3.8, 4) is 5.75 Å². The van der Waals surface area contributed by atoms with E-state index in [9.17, 15) is 9.18 Å². The van der Waals surface area contributed by atoms with Crippen LogP contribution in [-0.4, -0.2) is 35.0 Å². The van der Waals surface area contributed by atoms with Gasteiger partial charge in [-0.15, -0.1) is 0 Å². The Morgan fingerprint density at radius 2 is 2.00 bits per heavy atom. The summed E-state index contributed by atoms with van der Waals surface area (Å²) in [5, 5.41) is 0. The van der Waals surface area contributed by atoms with Crippen LogP contribution in [0.1, 0.15) is 29.0 Å². The van der Waals surface area contributed by atoms with E-state index in [1.807, 2.05) is 24.0 Å². The summed E-state index contributed by atoms with van der Waals surface area (Å²) in [6.45, 7) is 3.27. The van der Waals surface area contributed by atoms with Crippen LogP contribution in [0.25, 0.3) is 0 Å². The number of aryl methyl sites for hydroxylation is 1. The van der Waals surface area contributed by atoms with Gasteiger partial charge in [-0.05, 0) is 49.9 Å². The maximum absolute atomic E-state index is 13.9. The Morgan fingerprint density at radius 1 is 1.16 bits per heavy atom. The predicted octanol–water partition coefficient (Wildman–Crippen LogP) is 3.46. The molecule has 4 nitrogen and oxygen atoms in total. The van der Waals surface area contributed by atoms with Gasteiger partial charge in [0.2, 0.25) is 0 Å². The molecule has 0 N–H and O–H groups in total. The number of rotatable bonds is 3. The largest absolute Gasteiger partial charge is 0.487 e. The van der Waals surface area contributed by atoms with Crippen molar-refractivity contribution in [2.75, 3.05) is 13.1 Å². The second kappa shape index (κ2) is 6.47. The minimum absolute atomic E-state index is 0.0252. The summed E-state index contributed by atoms with van der Waals surface area (Å²) in [5.41, 5.74) is 1.33. The van der Waals surface area contributed by atoms with Crippen molar-refractivity contribution < 1.29 is 13.9 Å². The molecule has 130 valence electrons. The second-order valence-corrected chi connectivity index (χ2v) is 6.96. The summed E-state index contributed by atoms with van der Waals surface area (Å²) in [6.07, 6.45) is 1.88. The number of hydrogen-bond donors (Lipinski definition) is 0. The van der Waals surface area contributed by atoms with E-state index >= 15 is 0 Å². The van der Waals surface area contributed by atoms with Gasteiger partial charge in [-0.2, -0.15) is 0 Å². The van der Waals surface area contributed by atoms with Gasteiger partial charge in [0.05, 0.1) is 0 Å². The van der Waals surface area contributed by atoms with Gasteiger partial charge in [0.25, 0.3) is 5.91 Å². The van der Waals surface area contributed by atoms with Gasteiger partial charge >= 0.3 is 0 Å². The number of carbonyl (C=O) groups excluding carboxylic acids is 1. The number of nitrogens with zero attached hydrogens (tertiary/aromatic N) is 2. The minimum atomic E-state index is -0.333. The number of fused-ring (bicyclic) bond motifs is 1. The van der Waals surface area contributed by atoms with Crippen molar-refractivity contribution in [3.05, 3.63) is 59.7 Å². The third-order valence-electron chi connectivity index (χ3n) is 5.30. The van der Waals surface area contributed by atoms with E-state index in [1.165, 1.54) is 6.07 Å². The zero-order valence-electron chi connectivity index (χ0n) is 14.2. The van der Waals surface area contributed by atoms with E-state index in [4.69, 9.17) is 4.74 Å². The number of aromatic nitrogens is 1. The molecule has 1 aliphatic carbocycles. The van der Waals surface area contributed by atoms with Gasteiger partial charge in [0.1, 0.15) is 11.8 Å². The first kappa shape index (κ1) is 16.1. The molecule has 2 heterocycles. The number of hydrogen-bond acceptors (Lipinski definition) is 3. The zero-order chi connectivity index (χ0) is 17.4. The van der Waals surface area contributed by atoms with Crippen LogP contribution in [-0.2, 0) is 0 Å². The molecule has 0 bridgehead atoms. The molecule has 0 radical (unpaired) electrons. The fourth-order valence-corrected chi connectivity index (χ4v) is 4.06. The Bertz CT molecular complexity index is 795. The number of para-hydroxylation sites is 1. The first-order chi connectivity index (χ1) is 12.1. The molecule has 0 spiro atoms. The standard InChI is InChI=1S/C20H21FN2O2/c1-13-5-4-7-17(22-13)20(24)23-11-14-9-10-18(15(14)12-23)25-19-8-3-2-6-16(19)21/h2-8,14-15,18H,9-12H2,1H3/t14-,15+,18-/m0/s1. The van der Waals surface area contributed by atoms with Gasteiger partial charge in [0.15, 0.2) is 11.6 Å². The highest BCUT2D eigenvalue weighted by Gasteiger charge is 2.45. The summed E-state index contributed by atoms with van der Waals surface area (Å²) in [4.78, 5) is 18.9. The molecule has 2 aromatic rings. The van der Waals surface area contributed by atoms with Gasteiger partial charge in [-0.3, -0.25) is 4.79 Å². The molecule has 25 heavy (non-hydrogen) atoms. The first-order valence-corrected chi connectivity index (χ1v) is 8.76. The van der Waals surface area contributed by atoms with Gasteiger partial charge in [-0.1, -0.05) is 18.2 Å². The number of pyridine rings is 1. The van der Waals surface area contributed by atoms with Crippen LogP contribution in [0.3, 0.4) is 0 Å². The van der Waals surface area contributed by atoms with Crippen LogP contribution in [0.5, 0.6) is 5.75 Å². The van der Waals surface area contributed by atoms with Gasteiger partial charge < -0.3 is 9.64 Å². The normalized spacial score (nSPS) is 25.0. The average molecular weight is 340 g/mol. The van der Waals surface area contributed by atoms with Crippen molar-refractivity contribution in [2.24, 2.45) is 11.8 Å². The molecule has 1 aliphatic heterocycles. The summed E-state index contributed by atoms with van der Waals surface area (Å²) >= 11 is 0. The topological polar surface area (TPSA) is 42.4 Å². The smallest absolute Gasteiger partial charge is 0.272 e. The van der Waals surface area contributed by atoms with E-state index in [0.29, 0.717) is 23.9 Å². The lowest BCUT2D eigenvalue weighted by Crippen LogP contribution is -2.33. The van der Waals surface area contributed by atoms with Crippen molar-refractivity contribution in [1.29, 1.82) is 0 Å². The van der Waals surface area contributed by atoms with Crippen molar-refractivity contribution in [2.45, 2.75) is 25.9 Å². The van der Waals surface area contributed by atoms with E-state index < -0.39 is 0 Å². The van der Waals surface area contributed by atoms with Gasteiger partial charge in [-0.25, -0.2) is 9.37 Å². The SMILES string of the molecule is Cc1cccc(C(=O)N2C[C@@H]3CC[C@H](Oc4ccccc4F)[C@@H]3C2)n1. The quantitative estimate of drug-likeness (QED) is 0.859. The summed E-state index contributed by atoms with van der Waals surface area (Å²) in [7, 11) is 0. The van der Waals surface area contributed by atoms with Crippen molar-refractivity contribution >= 4 is 5.91 Å². The lowest BCUT2D eigenvalue weighted by atomic mass is 9.99. The summed E-state index contributed by atoms with van der Waals surface area (Å²) < 4.78 is 19.8. The zero-order valence-corrected chi connectivity index (χ0v) is 14.2. The highest BCUT2D eigenvalue weighted by Crippen LogP contribution is 2.40. The number of ether oxygens (including phenoxy) is 1. The van der Waals surface area contributed by atoms with Crippen LogP contribution in [0, 0.1) is 24.6 Å². The van der Waals surface area contributed by atoms with Gasteiger partial charge in [0, 0.05) is 24.7 Å². The number of likely N-dealkylation sites (tertiary alicyclic amines) is 1. The van der Waals surface area contributed by atoms with Crippen LogP contribution in [0.15, 0.2) is 42.5 Å². The highest BCUT2D eigenvalue weighted by molar-refractivity contribution is 5.92. The van der Waals surface area contributed by atoms with Crippen molar-refractivity contribution in [1.82, 2.24) is 9.88 Å². The molecule has 0 unspecified atom stereocenters. The Hall–Kier alpha value is -2.43. The van der Waals surface area contributed by atoms with Crippen LogP contribution < -0.4 is 4.74 Å². The number of carbonyl (C=O) groups is 1. The molecule has 1 aromatic carbocycles. The molecule has 1 saturated carbocycles. The van der Waals surface area contributed by atoms with E-state index in [1.54, 1.807) is 24.3 Å². The molecule has 2 aliphatic rings. The maximum atomic E-state index is 13.9. The molecule has 2 fully saturated rings. The molecular formula is C20H21FN2O2. The third kappa shape index (κ3) is 3.11. The maximum Gasteiger partial charge on any atom is 0.272 e. The van der Waals surface area contributed by atoms with Crippen LogP contribution in [0.4, 0.5) is 4.39 Å². The lowest BCUT2D eigenvalue weighted by molar-refractivity contribution is 0.0755. The van der Waals surface area contributed by atoms with E-state index in [2.05, 4.69) is 4.98 Å². The highest BCUT2D eigenvalue weighted by atomic mass is 19.1. The number of amides is 1. The van der Waals surface area contributed by atoms with Crippen LogP contribution >= 0.6 is 0 Å². The second-order valence-electron chi connectivity index (χ2n) is 6.96.